The van der Waals surface area contributed by atoms with E-state index in [1.54, 1.807) is 6.07 Å². The first kappa shape index (κ1) is 14.2. The van der Waals surface area contributed by atoms with Crippen LogP contribution in [0.5, 0.6) is 0 Å². The van der Waals surface area contributed by atoms with E-state index in [0.29, 0.717) is 5.02 Å². The lowest BCUT2D eigenvalue weighted by molar-refractivity contribution is -0.387. The van der Waals surface area contributed by atoms with Crippen LogP contribution in [0.15, 0.2) is 45.6 Å². The topological polar surface area (TPSA) is 73.3 Å². The maximum absolute atomic E-state index is 13.7. The molecule has 0 spiro atoms. The molecule has 0 fully saturated rings. The van der Waals surface area contributed by atoms with Crippen LogP contribution in [-0.4, -0.2) is 4.92 Å². The average Bonchev–Trinajstić information content (AvgIpc) is 2.46. The van der Waals surface area contributed by atoms with Gasteiger partial charge in [0.15, 0.2) is 0 Å². The summed E-state index contributed by atoms with van der Waals surface area (Å²) in [5.74, 6) is -1.04. The number of hydrogen-bond donors (Lipinski definition) is 0. The maximum atomic E-state index is 13.7. The van der Waals surface area contributed by atoms with Gasteiger partial charge < -0.3 is 4.42 Å². The Morgan fingerprint density at radius 2 is 2.00 bits per heavy atom. The molecule has 3 aromatic rings. The molecule has 0 aliphatic carbocycles. The summed E-state index contributed by atoms with van der Waals surface area (Å²) in [6.07, 6.45) is 0. The van der Waals surface area contributed by atoms with E-state index in [1.807, 2.05) is 0 Å². The van der Waals surface area contributed by atoms with Crippen LogP contribution in [0.2, 0.25) is 5.02 Å². The number of nitro groups is 1. The maximum Gasteiger partial charge on any atom is 0.304 e. The highest BCUT2D eigenvalue weighted by Gasteiger charge is 2.16. The molecular weight excluding hydrogens is 313 g/mol. The van der Waals surface area contributed by atoms with Crippen molar-refractivity contribution < 1.29 is 13.7 Å². The zero-order valence-electron chi connectivity index (χ0n) is 10.8. The number of benzene rings is 2. The molecule has 0 aliphatic rings. The minimum absolute atomic E-state index is 0.0198. The number of fused-ring (bicyclic) bond motifs is 1. The Morgan fingerprint density at radius 3 is 2.68 bits per heavy atom. The Labute approximate surface area is 127 Å². The van der Waals surface area contributed by atoms with E-state index in [2.05, 4.69) is 6.07 Å². The van der Waals surface area contributed by atoms with Crippen LogP contribution in [0.3, 0.4) is 0 Å². The number of nitrogens with zero attached hydrogens (tertiary/aromatic N) is 1. The van der Waals surface area contributed by atoms with Crippen molar-refractivity contribution in [2.75, 3.05) is 0 Å². The smallest absolute Gasteiger partial charge is 0.304 e. The number of hydrogen-bond acceptors (Lipinski definition) is 4. The molecule has 2 aromatic carbocycles. The highest BCUT2D eigenvalue weighted by molar-refractivity contribution is 6.31. The monoisotopic (exact) mass is 318 g/mol. The molecule has 5 nitrogen and oxygen atoms in total. The molecule has 1 heterocycles. The highest BCUT2D eigenvalue weighted by Crippen LogP contribution is 2.27. The van der Waals surface area contributed by atoms with E-state index in [4.69, 9.17) is 16.0 Å². The summed E-state index contributed by atoms with van der Waals surface area (Å²) in [6.45, 7) is 0. The van der Waals surface area contributed by atoms with Gasteiger partial charge in [-0.2, -0.15) is 4.39 Å². The summed E-state index contributed by atoms with van der Waals surface area (Å²) >= 11 is 5.84. The molecule has 1 aromatic heterocycles. The molecule has 3 rings (SSSR count). The second-order valence-electron chi connectivity index (χ2n) is 4.45. The van der Waals surface area contributed by atoms with Crippen molar-refractivity contribution in [2.24, 2.45) is 0 Å². The lowest BCUT2D eigenvalue weighted by Gasteiger charge is -2.03. The normalized spacial score (nSPS) is 10.8. The van der Waals surface area contributed by atoms with Crippen LogP contribution >= 0.6 is 11.6 Å². The van der Waals surface area contributed by atoms with Gasteiger partial charge in [0, 0.05) is 22.7 Å². The van der Waals surface area contributed by atoms with Crippen molar-refractivity contribution in [1.29, 1.82) is 0 Å². The zero-order chi connectivity index (χ0) is 15.9. The molecule has 0 N–H and O–H groups in total. The van der Waals surface area contributed by atoms with Crippen LogP contribution in [0.4, 0.5) is 10.1 Å². The van der Waals surface area contributed by atoms with Gasteiger partial charge in [-0.1, -0.05) is 11.6 Å². The Balaban J connectivity index is 2.20. The Hall–Kier alpha value is -2.73. The predicted molar refractivity (Wildman–Crippen MR) is 78.4 cm³/mol. The molecule has 0 saturated heterocycles. The second kappa shape index (κ2) is 5.23. The van der Waals surface area contributed by atoms with Crippen molar-refractivity contribution in [3.8, 4) is 11.3 Å². The van der Waals surface area contributed by atoms with E-state index in [9.17, 15) is 19.3 Å². The molecule has 0 atom stereocenters. The van der Waals surface area contributed by atoms with Gasteiger partial charge in [-0.15, -0.1) is 0 Å². The van der Waals surface area contributed by atoms with Crippen molar-refractivity contribution >= 4 is 28.3 Å². The van der Waals surface area contributed by atoms with E-state index in [-0.39, 0.29) is 22.3 Å². The summed E-state index contributed by atoms with van der Waals surface area (Å²) < 4.78 is 19.2. The molecule has 22 heavy (non-hydrogen) atoms. The lowest BCUT2D eigenvalue weighted by Crippen LogP contribution is -2.01. The minimum atomic E-state index is -1.02. The Morgan fingerprint density at radius 1 is 1.23 bits per heavy atom. The molecular formula is C15H6ClFNO4. The van der Waals surface area contributed by atoms with Gasteiger partial charge in [-0.05, 0) is 24.3 Å². The van der Waals surface area contributed by atoms with Crippen LogP contribution in [0, 0.1) is 22.0 Å². The summed E-state index contributed by atoms with van der Waals surface area (Å²) in [4.78, 5) is 21.8. The Kier molecular flexibility index (Phi) is 3.38. The molecule has 0 aliphatic heterocycles. The fourth-order valence-electron chi connectivity index (χ4n) is 2.00. The average molecular weight is 319 g/mol. The van der Waals surface area contributed by atoms with Gasteiger partial charge in [0.25, 0.3) is 0 Å². The number of halogens is 2. The van der Waals surface area contributed by atoms with Crippen molar-refractivity contribution in [2.45, 2.75) is 0 Å². The fourth-order valence-corrected chi connectivity index (χ4v) is 2.16. The fraction of sp³-hybridized carbons (Fsp3) is 0. The van der Waals surface area contributed by atoms with Gasteiger partial charge in [0.05, 0.1) is 16.4 Å². The van der Waals surface area contributed by atoms with Gasteiger partial charge in [-0.25, -0.2) is 0 Å². The molecule has 0 bridgehead atoms. The SMILES string of the molecule is O=c1[c]c(-c2ccc([N+](=O)[O-])c(F)c2)oc2cc(Cl)ccc12. The van der Waals surface area contributed by atoms with Crippen LogP contribution in [0.1, 0.15) is 0 Å². The minimum Gasteiger partial charge on any atom is -0.455 e. The lowest BCUT2D eigenvalue weighted by atomic mass is 10.1. The molecule has 0 amide bonds. The Bertz CT molecular complexity index is 967. The molecule has 109 valence electrons. The highest BCUT2D eigenvalue weighted by atomic mass is 35.5. The zero-order valence-corrected chi connectivity index (χ0v) is 11.6. The van der Waals surface area contributed by atoms with E-state index < -0.39 is 21.9 Å². The first-order valence-electron chi connectivity index (χ1n) is 6.06. The molecule has 0 unspecified atom stereocenters. The van der Waals surface area contributed by atoms with Crippen molar-refractivity contribution in [3.63, 3.8) is 0 Å². The third-order valence-corrected chi connectivity index (χ3v) is 3.27. The summed E-state index contributed by atoms with van der Waals surface area (Å²) in [6, 6.07) is 10.2. The quantitative estimate of drug-likeness (QED) is 0.529. The van der Waals surface area contributed by atoms with E-state index in [0.717, 1.165) is 12.1 Å². The van der Waals surface area contributed by atoms with Crippen LogP contribution in [-0.2, 0) is 0 Å². The summed E-state index contributed by atoms with van der Waals surface area (Å²) in [5.41, 5.74) is -0.700. The third kappa shape index (κ3) is 2.44. The van der Waals surface area contributed by atoms with Crippen molar-refractivity contribution in [3.05, 3.63) is 73.6 Å². The van der Waals surface area contributed by atoms with Gasteiger partial charge in [0.2, 0.25) is 11.2 Å². The largest absolute Gasteiger partial charge is 0.455 e. The third-order valence-electron chi connectivity index (χ3n) is 3.03. The van der Waals surface area contributed by atoms with E-state index >= 15 is 0 Å². The van der Waals surface area contributed by atoms with Gasteiger partial charge in [0.1, 0.15) is 11.3 Å². The number of nitro benzene ring substituents is 1. The second-order valence-corrected chi connectivity index (χ2v) is 4.89. The summed E-state index contributed by atoms with van der Waals surface area (Å²) in [5, 5.41) is 11.3. The number of rotatable bonds is 2. The van der Waals surface area contributed by atoms with Crippen LogP contribution in [0.25, 0.3) is 22.3 Å². The predicted octanol–water partition coefficient (Wildman–Crippen LogP) is 3.96. The van der Waals surface area contributed by atoms with Gasteiger partial charge >= 0.3 is 5.69 Å². The van der Waals surface area contributed by atoms with Gasteiger partial charge in [-0.3, -0.25) is 14.9 Å². The van der Waals surface area contributed by atoms with Crippen molar-refractivity contribution in [1.82, 2.24) is 0 Å². The molecule has 1 radical (unpaired) electrons. The standard InChI is InChI=1S/C15H6ClFNO4/c16-9-2-3-10-13(19)7-14(22-15(10)6-9)8-1-4-12(18(20)21)11(17)5-8/h1-6H. The summed E-state index contributed by atoms with van der Waals surface area (Å²) in [7, 11) is 0. The van der Waals surface area contributed by atoms with E-state index in [1.165, 1.54) is 18.2 Å². The van der Waals surface area contributed by atoms with Crippen LogP contribution < -0.4 is 5.43 Å². The first-order valence-corrected chi connectivity index (χ1v) is 6.43. The molecule has 7 heteroatoms. The first-order chi connectivity index (χ1) is 10.5. The molecule has 0 saturated carbocycles.